The number of aromatic nitrogens is 5. The molecule has 3 aromatic rings. The third-order valence-electron chi connectivity index (χ3n) is 4.72. The zero-order valence-electron chi connectivity index (χ0n) is 15.5. The Morgan fingerprint density at radius 2 is 2.15 bits per heavy atom. The molecule has 9 heteroatoms. The standard InChI is InChI=1S/C18H23N7O.ClH/c1-3-25-7-6-19-10-14(25)12-26-18-17-16(20-4-5-21-17)8-15(23-18)13-9-22-24(2)11-13;/h4-5,8-9,11,14,19H,3,6-7,10,12H2,1-2H3;1H/t14-;/m0./s1. The van der Waals surface area contributed by atoms with Crippen LogP contribution in [0.5, 0.6) is 5.88 Å². The molecule has 27 heavy (non-hydrogen) atoms. The SMILES string of the molecule is CCN1CCNC[C@H]1COc1nc(-c2cnn(C)c2)cc2nccnc12.Cl. The molecule has 8 nitrogen and oxygen atoms in total. The normalized spacial score (nSPS) is 17.6. The largest absolute Gasteiger partial charge is 0.474 e. The van der Waals surface area contributed by atoms with Gasteiger partial charge in [-0.15, -0.1) is 12.4 Å². The first-order valence-electron chi connectivity index (χ1n) is 8.93. The maximum Gasteiger partial charge on any atom is 0.242 e. The van der Waals surface area contributed by atoms with Crippen molar-refractivity contribution in [1.29, 1.82) is 0 Å². The van der Waals surface area contributed by atoms with Crippen LogP contribution in [0.15, 0.2) is 30.9 Å². The van der Waals surface area contributed by atoms with Gasteiger partial charge in [0.05, 0.1) is 23.4 Å². The molecule has 0 unspecified atom stereocenters. The summed E-state index contributed by atoms with van der Waals surface area (Å²) in [5.41, 5.74) is 3.17. The molecular formula is C18H24ClN7O. The van der Waals surface area contributed by atoms with Gasteiger partial charge in [-0.25, -0.2) is 9.97 Å². The average molecular weight is 390 g/mol. The molecule has 0 amide bonds. The van der Waals surface area contributed by atoms with Crippen LogP contribution in [0.25, 0.3) is 22.3 Å². The minimum Gasteiger partial charge on any atom is -0.474 e. The number of hydrogen-bond donors (Lipinski definition) is 1. The predicted molar refractivity (Wildman–Crippen MR) is 106 cm³/mol. The number of halogens is 1. The van der Waals surface area contributed by atoms with Gasteiger partial charge in [0, 0.05) is 50.8 Å². The number of nitrogens with one attached hydrogen (secondary N) is 1. The van der Waals surface area contributed by atoms with Crippen molar-refractivity contribution in [1.82, 2.24) is 34.9 Å². The highest BCUT2D eigenvalue weighted by Gasteiger charge is 2.22. The summed E-state index contributed by atoms with van der Waals surface area (Å²) in [6.45, 7) is 6.73. The van der Waals surface area contributed by atoms with Gasteiger partial charge in [0.15, 0.2) is 5.52 Å². The van der Waals surface area contributed by atoms with E-state index in [1.807, 2.05) is 19.3 Å². The molecule has 1 saturated heterocycles. The number of aryl methyl sites for hydroxylation is 1. The highest BCUT2D eigenvalue weighted by Crippen LogP contribution is 2.26. The van der Waals surface area contributed by atoms with E-state index in [2.05, 4.69) is 32.2 Å². The molecule has 4 heterocycles. The number of hydrogen-bond acceptors (Lipinski definition) is 7. The van der Waals surface area contributed by atoms with Crippen LogP contribution in [-0.2, 0) is 7.05 Å². The zero-order valence-corrected chi connectivity index (χ0v) is 16.3. The summed E-state index contributed by atoms with van der Waals surface area (Å²) in [5, 5.41) is 7.66. The van der Waals surface area contributed by atoms with Crippen LogP contribution < -0.4 is 10.1 Å². The fourth-order valence-electron chi connectivity index (χ4n) is 3.30. The molecule has 1 N–H and O–H groups in total. The van der Waals surface area contributed by atoms with Crippen LogP contribution in [0.1, 0.15) is 6.92 Å². The van der Waals surface area contributed by atoms with Crippen LogP contribution >= 0.6 is 12.4 Å². The van der Waals surface area contributed by atoms with Crippen LogP contribution in [0.4, 0.5) is 0 Å². The quantitative estimate of drug-likeness (QED) is 0.708. The van der Waals surface area contributed by atoms with Gasteiger partial charge in [-0.05, 0) is 12.6 Å². The highest BCUT2D eigenvalue weighted by atomic mass is 35.5. The van der Waals surface area contributed by atoms with Gasteiger partial charge in [0.2, 0.25) is 5.88 Å². The van der Waals surface area contributed by atoms with Crippen LogP contribution in [-0.4, -0.2) is 68.5 Å². The number of rotatable bonds is 5. The lowest BCUT2D eigenvalue weighted by Crippen LogP contribution is -2.53. The van der Waals surface area contributed by atoms with E-state index >= 15 is 0 Å². The number of nitrogens with zero attached hydrogens (tertiary/aromatic N) is 6. The summed E-state index contributed by atoms with van der Waals surface area (Å²) in [6, 6.07) is 2.25. The summed E-state index contributed by atoms with van der Waals surface area (Å²) in [5.74, 6) is 0.524. The van der Waals surface area contributed by atoms with E-state index in [0.29, 0.717) is 24.0 Å². The lowest BCUT2D eigenvalue weighted by atomic mass is 10.2. The predicted octanol–water partition coefficient (Wildman–Crippen LogP) is 1.52. The third kappa shape index (κ3) is 4.18. The fraction of sp³-hybridized carbons (Fsp3) is 0.444. The lowest BCUT2D eigenvalue weighted by Gasteiger charge is -2.34. The molecule has 1 aliphatic heterocycles. The smallest absolute Gasteiger partial charge is 0.242 e. The minimum atomic E-state index is 0. The Morgan fingerprint density at radius 3 is 2.93 bits per heavy atom. The molecule has 0 bridgehead atoms. The summed E-state index contributed by atoms with van der Waals surface area (Å²) in [7, 11) is 1.89. The molecule has 1 fully saturated rings. The Hall–Kier alpha value is -2.29. The van der Waals surface area contributed by atoms with Crippen molar-refractivity contribution in [3.05, 3.63) is 30.9 Å². The van der Waals surface area contributed by atoms with E-state index in [-0.39, 0.29) is 12.4 Å². The van der Waals surface area contributed by atoms with Crippen molar-refractivity contribution in [3.8, 4) is 17.1 Å². The van der Waals surface area contributed by atoms with Crippen LogP contribution in [0.3, 0.4) is 0 Å². The molecule has 1 atom stereocenters. The summed E-state index contributed by atoms with van der Waals surface area (Å²) < 4.78 is 7.89. The van der Waals surface area contributed by atoms with E-state index in [1.54, 1.807) is 23.3 Å². The topological polar surface area (TPSA) is 81.0 Å². The second-order valence-corrected chi connectivity index (χ2v) is 6.44. The van der Waals surface area contributed by atoms with E-state index in [9.17, 15) is 0 Å². The van der Waals surface area contributed by atoms with Gasteiger partial charge in [-0.2, -0.15) is 5.10 Å². The van der Waals surface area contributed by atoms with Crippen molar-refractivity contribution in [2.45, 2.75) is 13.0 Å². The van der Waals surface area contributed by atoms with Crippen molar-refractivity contribution >= 4 is 23.4 Å². The maximum absolute atomic E-state index is 6.14. The highest BCUT2D eigenvalue weighted by molar-refractivity contribution is 5.85. The number of ether oxygens (including phenoxy) is 1. The first-order chi connectivity index (χ1) is 12.7. The molecule has 1 aliphatic rings. The molecule has 0 aliphatic carbocycles. The van der Waals surface area contributed by atoms with E-state index in [1.165, 1.54) is 0 Å². The summed E-state index contributed by atoms with van der Waals surface area (Å²) in [4.78, 5) is 16.0. The summed E-state index contributed by atoms with van der Waals surface area (Å²) in [6.07, 6.45) is 7.07. The molecule has 4 rings (SSSR count). The minimum absolute atomic E-state index is 0. The van der Waals surface area contributed by atoms with E-state index < -0.39 is 0 Å². The lowest BCUT2D eigenvalue weighted by molar-refractivity contribution is 0.115. The number of pyridine rings is 1. The van der Waals surface area contributed by atoms with Crippen LogP contribution in [0, 0.1) is 0 Å². The van der Waals surface area contributed by atoms with Crippen molar-refractivity contribution in [2.75, 3.05) is 32.8 Å². The molecule has 0 radical (unpaired) electrons. The Kier molecular flexibility index (Phi) is 6.20. The second-order valence-electron chi connectivity index (χ2n) is 6.44. The molecule has 0 aromatic carbocycles. The zero-order chi connectivity index (χ0) is 17.9. The Labute approximate surface area is 164 Å². The number of likely N-dealkylation sites (N-methyl/N-ethyl adjacent to an activating group) is 1. The van der Waals surface area contributed by atoms with Gasteiger partial charge < -0.3 is 10.1 Å². The van der Waals surface area contributed by atoms with E-state index in [0.717, 1.165) is 43.0 Å². The molecule has 0 spiro atoms. The van der Waals surface area contributed by atoms with Gasteiger partial charge >= 0.3 is 0 Å². The fourth-order valence-corrected chi connectivity index (χ4v) is 3.30. The third-order valence-corrected chi connectivity index (χ3v) is 4.72. The molecule has 144 valence electrons. The van der Waals surface area contributed by atoms with Gasteiger partial charge in [0.25, 0.3) is 0 Å². The van der Waals surface area contributed by atoms with Gasteiger partial charge in [-0.1, -0.05) is 6.92 Å². The number of fused-ring (bicyclic) bond motifs is 1. The van der Waals surface area contributed by atoms with Crippen molar-refractivity contribution in [2.24, 2.45) is 7.05 Å². The number of piperazine rings is 1. The second kappa shape index (κ2) is 8.60. The Bertz CT molecular complexity index is 900. The molecular weight excluding hydrogens is 366 g/mol. The van der Waals surface area contributed by atoms with Crippen LogP contribution in [0.2, 0.25) is 0 Å². The Balaban J connectivity index is 0.00000210. The van der Waals surface area contributed by atoms with Crippen molar-refractivity contribution in [3.63, 3.8) is 0 Å². The average Bonchev–Trinajstić information content (AvgIpc) is 3.12. The first-order valence-corrected chi connectivity index (χ1v) is 8.93. The Morgan fingerprint density at radius 1 is 1.30 bits per heavy atom. The van der Waals surface area contributed by atoms with E-state index in [4.69, 9.17) is 9.72 Å². The van der Waals surface area contributed by atoms with Gasteiger partial charge in [0.1, 0.15) is 6.61 Å². The van der Waals surface area contributed by atoms with Gasteiger partial charge in [-0.3, -0.25) is 14.6 Å². The molecule has 0 saturated carbocycles. The van der Waals surface area contributed by atoms with Crippen molar-refractivity contribution < 1.29 is 4.74 Å². The molecule has 3 aromatic heterocycles. The monoisotopic (exact) mass is 389 g/mol. The summed E-state index contributed by atoms with van der Waals surface area (Å²) >= 11 is 0. The first kappa shape index (κ1) is 19.5. The maximum atomic E-state index is 6.14.